The van der Waals surface area contributed by atoms with Crippen molar-refractivity contribution in [1.29, 1.82) is 0 Å². The molecule has 0 saturated carbocycles. The first kappa shape index (κ1) is 17.5. The summed E-state index contributed by atoms with van der Waals surface area (Å²) in [6.45, 7) is 7.22. The lowest BCUT2D eigenvalue weighted by Crippen LogP contribution is -2.16. The number of methoxy groups -OCH3 is 1. The van der Waals surface area contributed by atoms with E-state index in [0.29, 0.717) is 11.4 Å². The van der Waals surface area contributed by atoms with Crippen LogP contribution in [0.1, 0.15) is 40.9 Å². The lowest BCUT2D eigenvalue weighted by atomic mass is 10.3. The predicted octanol–water partition coefficient (Wildman–Crippen LogP) is 2.73. The highest BCUT2D eigenvalue weighted by atomic mass is 32.2. The van der Waals surface area contributed by atoms with E-state index in [-0.39, 0.29) is 21.5 Å². The fourth-order valence-corrected chi connectivity index (χ4v) is 4.68. The van der Waals surface area contributed by atoms with Crippen LogP contribution in [0.2, 0.25) is 0 Å². The molecule has 126 valence electrons. The monoisotopic (exact) mass is 357 g/mol. The summed E-state index contributed by atoms with van der Waals surface area (Å²) in [5, 5.41) is 5.91. The van der Waals surface area contributed by atoms with E-state index in [4.69, 9.17) is 0 Å². The van der Waals surface area contributed by atoms with Crippen molar-refractivity contribution in [3.8, 4) is 0 Å². The normalized spacial score (nSPS) is 11.7. The molecule has 0 saturated heterocycles. The smallest absolute Gasteiger partial charge is 0.350 e. The summed E-state index contributed by atoms with van der Waals surface area (Å²) in [4.78, 5) is 12.0. The Morgan fingerprint density at radius 1 is 1.39 bits per heavy atom. The molecule has 0 fully saturated rings. The number of carbonyl (C=O) groups excluding carboxylic acids is 1. The molecule has 0 unspecified atom stereocenters. The summed E-state index contributed by atoms with van der Waals surface area (Å²) in [7, 11) is -2.60. The number of rotatable bonds is 5. The highest BCUT2D eigenvalue weighted by Gasteiger charge is 2.27. The maximum Gasteiger partial charge on any atom is 0.350 e. The lowest BCUT2D eigenvalue weighted by Gasteiger charge is -2.10. The molecule has 9 heteroatoms. The molecule has 7 nitrogen and oxygen atoms in total. The second kappa shape index (κ2) is 6.32. The van der Waals surface area contributed by atoms with Crippen LogP contribution in [0.5, 0.6) is 0 Å². The molecule has 2 aromatic rings. The van der Waals surface area contributed by atoms with Gasteiger partial charge in [-0.2, -0.15) is 5.10 Å². The van der Waals surface area contributed by atoms with E-state index < -0.39 is 16.0 Å². The minimum Gasteiger partial charge on any atom is -0.465 e. The molecule has 2 rings (SSSR count). The zero-order valence-corrected chi connectivity index (χ0v) is 15.2. The number of thiophene rings is 1. The summed E-state index contributed by atoms with van der Waals surface area (Å²) < 4.78 is 34.2. The third-order valence-electron chi connectivity index (χ3n) is 3.30. The molecule has 0 amide bonds. The summed E-state index contributed by atoms with van der Waals surface area (Å²) in [6.07, 6.45) is 0. The predicted molar refractivity (Wildman–Crippen MR) is 88.6 cm³/mol. The first-order valence-electron chi connectivity index (χ1n) is 6.93. The van der Waals surface area contributed by atoms with Crippen LogP contribution in [0.25, 0.3) is 0 Å². The fourth-order valence-electron chi connectivity index (χ4n) is 2.38. The number of ether oxygens (including phenoxy) is 1. The van der Waals surface area contributed by atoms with Gasteiger partial charge in [-0.05, 0) is 39.1 Å². The maximum atomic E-state index is 12.7. The topological polar surface area (TPSA) is 90.3 Å². The molecule has 0 atom stereocenters. The zero-order valence-electron chi connectivity index (χ0n) is 13.6. The lowest BCUT2D eigenvalue weighted by molar-refractivity contribution is 0.0607. The van der Waals surface area contributed by atoms with Crippen molar-refractivity contribution in [1.82, 2.24) is 9.78 Å². The number of esters is 1. The van der Waals surface area contributed by atoms with Crippen LogP contribution < -0.4 is 4.72 Å². The maximum absolute atomic E-state index is 12.7. The quantitative estimate of drug-likeness (QED) is 0.831. The molecule has 0 aliphatic rings. The second-order valence-electron chi connectivity index (χ2n) is 5.30. The molecule has 2 heterocycles. The molecule has 0 aliphatic heterocycles. The highest BCUT2D eigenvalue weighted by molar-refractivity contribution is 7.92. The highest BCUT2D eigenvalue weighted by Crippen LogP contribution is 2.28. The molecular formula is C14H19N3O4S2. The number of carbonyl (C=O) groups is 1. The summed E-state index contributed by atoms with van der Waals surface area (Å²) in [5.41, 5.74) is 1.18. The minimum atomic E-state index is -3.86. The van der Waals surface area contributed by atoms with E-state index in [9.17, 15) is 13.2 Å². The van der Waals surface area contributed by atoms with Gasteiger partial charge in [0.15, 0.2) is 0 Å². The van der Waals surface area contributed by atoms with Crippen LogP contribution in [-0.4, -0.2) is 31.3 Å². The van der Waals surface area contributed by atoms with Crippen LogP contribution in [0, 0.1) is 13.8 Å². The largest absolute Gasteiger partial charge is 0.465 e. The molecule has 0 aliphatic carbocycles. The molecule has 0 bridgehead atoms. The third-order valence-corrected chi connectivity index (χ3v) is 5.81. The SMILES string of the molecule is COC(=O)c1sccc1NS(=O)(=O)c1c(C)nn(C(C)C)c1C. The van der Waals surface area contributed by atoms with Gasteiger partial charge in [-0.15, -0.1) is 11.3 Å². The molecule has 0 spiro atoms. The van der Waals surface area contributed by atoms with Crippen LogP contribution in [0.4, 0.5) is 5.69 Å². The van der Waals surface area contributed by atoms with E-state index >= 15 is 0 Å². The Balaban J connectivity index is 2.45. The van der Waals surface area contributed by atoms with E-state index in [1.54, 1.807) is 23.9 Å². The first-order chi connectivity index (χ1) is 10.7. The Labute approximate surface area is 139 Å². The average Bonchev–Trinajstić information content (AvgIpc) is 3.02. The van der Waals surface area contributed by atoms with Crippen molar-refractivity contribution in [2.75, 3.05) is 11.8 Å². The number of hydrogen-bond acceptors (Lipinski definition) is 6. The first-order valence-corrected chi connectivity index (χ1v) is 9.29. The molecule has 0 radical (unpaired) electrons. The third kappa shape index (κ3) is 3.25. The molecule has 1 N–H and O–H groups in total. The number of nitrogens with one attached hydrogen (secondary N) is 1. The van der Waals surface area contributed by atoms with Gasteiger partial charge < -0.3 is 4.74 Å². The minimum absolute atomic E-state index is 0.0458. The van der Waals surface area contributed by atoms with Gasteiger partial charge in [0.2, 0.25) is 0 Å². The molecular weight excluding hydrogens is 338 g/mol. The molecule has 2 aromatic heterocycles. The number of nitrogens with zero attached hydrogens (tertiary/aromatic N) is 2. The van der Waals surface area contributed by atoms with Gasteiger partial charge in [-0.1, -0.05) is 0 Å². The number of aryl methyl sites for hydroxylation is 1. The van der Waals surface area contributed by atoms with Crippen molar-refractivity contribution in [2.24, 2.45) is 0 Å². The number of sulfonamides is 1. The van der Waals surface area contributed by atoms with Gasteiger partial charge >= 0.3 is 5.97 Å². The standard InChI is InChI=1S/C14H19N3O4S2/c1-8(2)17-10(4)13(9(3)15-17)23(19,20)16-11-6-7-22-12(11)14(18)21-5/h6-8,16H,1-5H3. The Morgan fingerprint density at radius 2 is 2.04 bits per heavy atom. The van der Waals surface area contributed by atoms with Crippen LogP contribution in [0.15, 0.2) is 16.3 Å². The van der Waals surface area contributed by atoms with Crippen molar-refractivity contribution in [2.45, 2.75) is 38.6 Å². The zero-order chi connectivity index (χ0) is 17.4. The van der Waals surface area contributed by atoms with Crippen molar-refractivity contribution in [3.63, 3.8) is 0 Å². The van der Waals surface area contributed by atoms with Gasteiger partial charge in [0, 0.05) is 6.04 Å². The van der Waals surface area contributed by atoms with Gasteiger partial charge in [-0.25, -0.2) is 13.2 Å². The number of anilines is 1. The summed E-state index contributed by atoms with van der Waals surface area (Å²) in [6, 6.07) is 1.58. The Hall–Kier alpha value is -1.87. The van der Waals surface area contributed by atoms with E-state index in [1.165, 1.54) is 13.2 Å². The van der Waals surface area contributed by atoms with E-state index in [0.717, 1.165) is 11.3 Å². The Kier molecular flexibility index (Phi) is 4.81. The molecule has 0 aromatic carbocycles. The van der Waals surface area contributed by atoms with Gasteiger partial charge in [0.05, 0.1) is 24.2 Å². The Morgan fingerprint density at radius 3 is 2.57 bits per heavy atom. The van der Waals surface area contributed by atoms with E-state index in [2.05, 4.69) is 14.6 Å². The summed E-state index contributed by atoms with van der Waals surface area (Å²) >= 11 is 1.11. The van der Waals surface area contributed by atoms with E-state index in [1.807, 2.05) is 13.8 Å². The van der Waals surface area contributed by atoms with Gasteiger partial charge in [0.1, 0.15) is 9.77 Å². The van der Waals surface area contributed by atoms with Crippen molar-refractivity contribution < 1.29 is 17.9 Å². The molecule has 23 heavy (non-hydrogen) atoms. The summed E-state index contributed by atoms with van der Waals surface area (Å²) in [5.74, 6) is -0.580. The van der Waals surface area contributed by atoms with Crippen LogP contribution >= 0.6 is 11.3 Å². The number of aromatic nitrogens is 2. The van der Waals surface area contributed by atoms with Gasteiger partial charge in [-0.3, -0.25) is 9.40 Å². The average molecular weight is 357 g/mol. The van der Waals surface area contributed by atoms with Crippen LogP contribution in [-0.2, 0) is 14.8 Å². The number of hydrogen-bond donors (Lipinski definition) is 1. The van der Waals surface area contributed by atoms with Crippen molar-refractivity contribution in [3.05, 3.63) is 27.7 Å². The van der Waals surface area contributed by atoms with Gasteiger partial charge in [0.25, 0.3) is 10.0 Å². The Bertz CT molecular complexity index is 834. The fraction of sp³-hybridized carbons (Fsp3) is 0.429. The second-order valence-corrected chi connectivity index (χ2v) is 7.83. The van der Waals surface area contributed by atoms with Crippen molar-refractivity contribution >= 4 is 33.0 Å². The van der Waals surface area contributed by atoms with Crippen LogP contribution in [0.3, 0.4) is 0 Å².